The van der Waals surface area contributed by atoms with E-state index in [4.69, 9.17) is 0 Å². The molecule has 4 nitrogen and oxygen atoms in total. The van der Waals surface area contributed by atoms with E-state index in [1.54, 1.807) is 0 Å². The van der Waals surface area contributed by atoms with Crippen LogP contribution in [0.1, 0.15) is 32.3 Å². The van der Waals surface area contributed by atoms with E-state index in [9.17, 15) is 0 Å². The summed E-state index contributed by atoms with van der Waals surface area (Å²) in [6.45, 7) is 7.19. The molecule has 0 saturated carbocycles. The maximum atomic E-state index is 4.50. The van der Waals surface area contributed by atoms with E-state index < -0.39 is 0 Å². The zero-order valence-corrected chi connectivity index (χ0v) is 10.6. The number of fused-ring (bicyclic) bond motifs is 1. The van der Waals surface area contributed by atoms with Crippen molar-refractivity contribution in [3.05, 3.63) is 24.0 Å². The van der Waals surface area contributed by atoms with Gasteiger partial charge in [0.1, 0.15) is 0 Å². The molecule has 0 spiro atoms. The molecule has 0 atom stereocenters. The Morgan fingerprint density at radius 3 is 2.88 bits per heavy atom. The molecule has 4 heteroatoms. The van der Waals surface area contributed by atoms with Crippen LogP contribution >= 0.6 is 0 Å². The summed E-state index contributed by atoms with van der Waals surface area (Å²) in [5.74, 6) is 0. The van der Waals surface area contributed by atoms with Gasteiger partial charge in [-0.25, -0.2) is 9.67 Å². The number of aromatic nitrogens is 3. The highest BCUT2D eigenvalue weighted by Crippen LogP contribution is 2.13. The van der Waals surface area contributed by atoms with Crippen LogP contribution in [-0.2, 0) is 13.1 Å². The van der Waals surface area contributed by atoms with Gasteiger partial charge in [0, 0.05) is 24.7 Å². The minimum atomic E-state index is 0.885. The minimum absolute atomic E-state index is 0.885. The first kappa shape index (κ1) is 12.0. The third-order valence-electron chi connectivity index (χ3n) is 2.72. The Kier molecular flexibility index (Phi) is 4.09. The van der Waals surface area contributed by atoms with Crippen molar-refractivity contribution in [3.63, 3.8) is 0 Å². The molecule has 0 aliphatic rings. The first-order valence-corrected chi connectivity index (χ1v) is 6.36. The Morgan fingerprint density at radius 1 is 1.24 bits per heavy atom. The Hall–Kier alpha value is -1.42. The molecular formula is C13H20N4. The summed E-state index contributed by atoms with van der Waals surface area (Å²) >= 11 is 0. The normalized spacial score (nSPS) is 11.2. The second-order valence-corrected chi connectivity index (χ2v) is 4.30. The molecule has 2 aromatic heterocycles. The maximum Gasteiger partial charge on any atom is 0.157 e. The standard InChI is InChI=1S/C13H20N4/c1-3-5-14-8-11-7-12-10-16-17(6-4-2)13(12)15-9-11/h7,9-10,14H,3-6,8H2,1-2H3. The maximum absolute atomic E-state index is 4.50. The number of hydrogen-bond acceptors (Lipinski definition) is 3. The number of pyridine rings is 1. The summed E-state index contributed by atoms with van der Waals surface area (Å²) in [7, 11) is 0. The summed E-state index contributed by atoms with van der Waals surface area (Å²) in [5, 5.41) is 8.87. The fourth-order valence-corrected chi connectivity index (χ4v) is 1.90. The molecule has 2 heterocycles. The second-order valence-electron chi connectivity index (χ2n) is 4.30. The number of hydrogen-bond donors (Lipinski definition) is 1. The lowest BCUT2D eigenvalue weighted by Gasteiger charge is -2.04. The van der Waals surface area contributed by atoms with Gasteiger partial charge in [0.25, 0.3) is 0 Å². The van der Waals surface area contributed by atoms with E-state index in [0.717, 1.165) is 43.5 Å². The summed E-state index contributed by atoms with van der Waals surface area (Å²) in [5.41, 5.74) is 2.22. The molecule has 0 bridgehead atoms. The highest BCUT2D eigenvalue weighted by Gasteiger charge is 2.04. The Balaban J connectivity index is 2.14. The van der Waals surface area contributed by atoms with Crippen LogP contribution in [0.3, 0.4) is 0 Å². The monoisotopic (exact) mass is 232 g/mol. The first-order chi connectivity index (χ1) is 8.35. The predicted molar refractivity (Wildman–Crippen MR) is 69.8 cm³/mol. The molecule has 0 aliphatic carbocycles. The lowest BCUT2D eigenvalue weighted by molar-refractivity contribution is 0.617. The predicted octanol–water partition coefficient (Wildman–Crippen LogP) is 2.34. The zero-order chi connectivity index (χ0) is 12.1. The van der Waals surface area contributed by atoms with Gasteiger partial charge >= 0.3 is 0 Å². The van der Waals surface area contributed by atoms with Crippen LogP contribution in [-0.4, -0.2) is 21.3 Å². The van der Waals surface area contributed by atoms with Crippen molar-refractivity contribution in [2.45, 2.75) is 39.8 Å². The molecule has 92 valence electrons. The second kappa shape index (κ2) is 5.77. The van der Waals surface area contributed by atoms with Crippen molar-refractivity contribution in [2.75, 3.05) is 6.54 Å². The molecule has 0 amide bonds. The summed E-state index contributed by atoms with van der Waals surface area (Å²) < 4.78 is 1.97. The highest BCUT2D eigenvalue weighted by atomic mass is 15.3. The van der Waals surface area contributed by atoms with Gasteiger partial charge in [-0.3, -0.25) is 0 Å². The van der Waals surface area contributed by atoms with Gasteiger partial charge in [0.15, 0.2) is 5.65 Å². The topological polar surface area (TPSA) is 42.7 Å². The van der Waals surface area contributed by atoms with Gasteiger partial charge in [0.05, 0.1) is 6.20 Å². The fraction of sp³-hybridized carbons (Fsp3) is 0.538. The third-order valence-corrected chi connectivity index (χ3v) is 2.72. The van der Waals surface area contributed by atoms with Crippen molar-refractivity contribution < 1.29 is 0 Å². The van der Waals surface area contributed by atoms with E-state index in [-0.39, 0.29) is 0 Å². The smallest absolute Gasteiger partial charge is 0.157 e. The van der Waals surface area contributed by atoms with Gasteiger partial charge in [-0.15, -0.1) is 0 Å². The highest BCUT2D eigenvalue weighted by molar-refractivity contribution is 5.74. The van der Waals surface area contributed by atoms with Crippen LogP contribution in [0.5, 0.6) is 0 Å². The number of rotatable bonds is 6. The summed E-state index contributed by atoms with van der Waals surface area (Å²) in [6.07, 6.45) is 6.09. The van der Waals surface area contributed by atoms with E-state index in [2.05, 4.69) is 35.3 Å². The molecule has 0 saturated heterocycles. The van der Waals surface area contributed by atoms with Crippen LogP contribution in [0.2, 0.25) is 0 Å². The lowest BCUT2D eigenvalue weighted by Crippen LogP contribution is -2.13. The Bertz CT molecular complexity index is 475. The molecule has 0 fully saturated rings. The van der Waals surface area contributed by atoms with E-state index >= 15 is 0 Å². The van der Waals surface area contributed by atoms with Crippen molar-refractivity contribution in [1.82, 2.24) is 20.1 Å². The van der Waals surface area contributed by atoms with Gasteiger partial charge in [0.2, 0.25) is 0 Å². The van der Waals surface area contributed by atoms with Crippen molar-refractivity contribution >= 4 is 11.0 Å². The lowest BCUT2D eigenvalue weighted by atomic mass is 10.2. The number of nitrogens with one attached hydrogen (secondary N) is 1. The van der Waals surface area contributed by atoms with Gasteiger partial charge < -0.3 is 5.32 Å². The molecular weight excluding hydrogens is 212 g/mol. The molecule has 0 unspecified atom stereocenters. The van der Waals surface area contributed by atoms with E-state index in [1.807, 2.05) is 17.1 Å². The summed E-state index contributed by atoms with van der Waals surface area (Å²) in [6, 6.07) is 2.17. The third kappa shape index (κ3) is 2.82. The van der Waals surface area contributed by atoms with Crippen LogP contribution in [0, 0.1) is 0 Å². The molecule has 2 aromatic rings. The van der Waals surface area contributed by atoms with Crippen molar-refractivity contribution in [2.24, 2.45) is 0 Å². The van der Waals surface area contributed by atoms with Crippen molar-refractivity contribution in [1.29, 1.82) is 0 Å². The quantitative estimate of drug-likeness (QED) is 0.777. The van der Waals surface area contributed by atoms with Crippen LogP contribution in [0.15, 0.2) is 18.5 Å². The molecule has 0 aliphatic heterocycles. The molecule has 0 radical (unpaired) electrons. The first-order valence-electron chi connectivity index (χ1n) is 6.36. The average molecular weight is 232 g/mol. The average Bonchev–Trinajstić information content (AvgIpc) is 2.73. The van der Waals surface area contributed by atoms with Crippen LogP contribution in [0.25, 0.3) is 11.0 Å². The van der Waals surface area contributed by atoms with Gasteiger partial charge in [-0.2, -0.15) is 5.10 Å². The SMILES string of the molecule is CCCNCc1cnc2c(cnn2CCC)c1. The van der Waals surface area contributed by atoms with Crippen LogP contribution in [0.4, 0.5) is 0 Å². The molecule has 0 aromatic carbocycles. The molecule has 17 heavy (non-hydrogen) atoms. The minimum Gasteiger partial charge on any atom is -0.313 e. The number of aryl methyl sites for hydroxylation is 1. The zero-order valence-electron chi connectivity index (χ0n) is 10.6. The van der Waals surface area contributed by atoms with Gasteiger partial charge in [-0.1, -0.05) is 13.8 Å². The van der Waals surface area contributed by atoms with E-state index in [1.165, 1.54) is 5.56 Å². The van der Waals surface area contributed by atoms with Crippen LogP contribution < -0.4 is 5.32 Å². The largest absolute Gasteiger partial charge is 0.313 e. The van der Waals surface area contributed by atoms with Crippen molar-refractivity contribution in [3.8, 4) is 0 Å². The Morgan fingerprint density at radius 2 is 2.12 bits per heavy atom. The Labute approximate surface area is 102 Å². The van der Waals surface area contributed by atoms with Gasteiger partial charge in [-0.05, 0) is 31.0 Å². The molecule has 1 N–H and O–H groups in total. The molecule has 2 rings (SSSR count). The van der Waals surface area contributed by atoms with E-state index in [0.29, 0.717) is 0 Å². The number of nitrogens with zero attached hydrogens (tertiary/aromatic N) is 3. The summed E-state index contributed by atoms with van der Waals surface area (Å²) in [4.78, 5) is 4.50. The fourth-order valence-electron chi connectivity index (χ4n) is 1.90.